The van der Waals surface area contributed by atoms with Crippen molar-refractivity contribution in [3.63, 3.8) is 0 Å². The number of aromatic nitrogens is 3. The number of carbonyl (C=O) groups excluding carboxylic acids is 1. The van der Waals surface area contributed by atoms with E-state index in [4.69, 9.17) is 0 Å². The fraction of sp³-hybridized carbons (Fsp3) is 0.250. The lowest BCUT2D eigenvalue weighted by Gasteiger charge is -2.13. The van der Waals surface area contributed by atoms with Crippen LogP contribution in [0.4, 0.5) is 11.4 Å². The first kappa shape index (κ1) is 19.0. The van der Waals surface area contributed by atoms with Crippen molar-refractivity contribution in [1.29, 1.82) is 0 Å². The van der Waals surface area contributed by atoms with E-state index in [1.54, 1.807) is 0 Å². The minimum atomic E-state index is -0.0667. The van der Waals surface area contributed by atoms with Crippen molar-refractivity contribution in [3.05, 3.63) is 54.1 Å². The van der Waals surface area contributed by atoms with Gasteiger partial charge in [-0.15, -0.1) is 10.2 Å². The van der Waals surface area contributed by atoms with Crippen LogP contribution in [0, 0.1) is 6.92 Å². The predicted octanol–water partition coefficient (Wildman–Crippen LogP) is 3.59. The molecule has 1 amide bonds. The van der Waals surface area contributed by atoms with Gasteiger partial charge in [-0.05, 0) is 31.2 Å². The van der Waals surface area contributed by atoms with Gasteiger partial charge in [0.25, 0.3) is 0 Å². The van der Waals surface area contributed by atoms with Gasteiger partial charge in [0, 0.05) is 38.1 Å². The lowest BCUT2D eigenvalue weighted by molar-refractivity contribution is -0.113. The molecule has 2 aromatic carbocycles. The molecular weight excluding hydrogens is 358 g/mol. The standard InChI is InChI=1S/C20H23N5OS/c1-14-8-10-16(11-9-14)21-18(26)13-27-20-23-22-19(25(20)4)15-6-5-7-17(12-15)24(2)3/h5-12H,13H2,1-4H3,(H,21,26). The lowest BCUT2D eigenvalue weighted by Crippen LogP contribution is -2.14. The Labute approximate surface area is 163 Å². The highest BCUT2D eigenvalue weighted by atomic mass is 32.2. The number of benzene rings is 2. The van der Waals surface area contributed by atoms with Crippen LogP contribution in [0.1, 0.15) is 5.56 Å². The summed E-state index contributed by atoms with van der Waals surface area (Å²) in [6.45, 7) is 2.02. The Balaban J connectivity index is 1.66. The second kappa shape index (κ2) is 8.26. The minimum absolute atomic E-state index is 0.0667. The van der Waals surface area contributed by atoms with E-state index in [9.17, 15) is 4.79 Å². The number of anilines is 2. The Morgan fingerprint density at radius 3 is 2.59 bits per heavy atom. The van der Waals surface area contributed by atoms with Gasteiger partial charge in [-0.3, -0.25) is 4.79 Å². The first-order valence-corrected chi connectivity index (χ1v) is 9.59. The zero-order valence-electron chi connectivity index (χ0n) is 15.9. The highest BCUT2D eigenvalue weighted by molar-refractivity contribution is 7.99. The summed E-state index contributed by atoms with van der Waals surface area (Å²) in [6, 6.07) is 15.9. The molecule has 0 unspecified atom stereocenters. The zero-order valence-corrected chi connectivity index (χ0v) is 16.7. The van der Waals surface area contributed by atoms with Crippen molar-refractivity contribution >= 4 is 29.0 Å². The molecule has 27 heavy (non-hydrogen) atoms. The van der Waals surface area contributed by atoms with Crippen molar-refractivity contribution in [3.8, 4) is 11.4 Å². The SMILES string of the molecule is Cc1ccc(NC(=O)CSc2nnc(-c3cccc(N(C)C)c3)n2C)cc1. The van der Waals surface area contributed by atoms with Crippen LogP contribution in [0.25, 0.3) is 11.4 Å². The van der Waals surface area contributed by atoms with Gasteiger partial charge < -0.3 is 14.8 Å². The van der Waals surface area contributed by atoms with E-state index >= 15 is 0 Å². The quantitative estimate of drug-likeness (QED) is 0.661. The van der Waals surface area contributed by atoms with Crippen LogP contribution in [0.2, 0.25) is 0 Å². The number of hydrogen-bond acceptors (Lipinski definition) is 5. The maximum atomic E-state index is 12.2. The number of carbonyl (C=O) groups is 1. The summed E-state index contributed by atoms with van der Waals surface area (Å²) < 4.78 is 1.92. The summed E-state index contributed by atoms with van der Waals surface area (Å²) in [5.74, 6) is 0.987. The lowest BCUT2D eigenvalue weighted by atomic mass is 10.2. The van der Waals surface area contributed by atoms with E-state index in [0.717, 1.165) is 28.3 Å². The van der Waals surface area contributed by atoms with E-state index in [1.165, 1.54) is 11.8 Å². The molecular formula is C20H23N5OS. The van der Waals surface area contributed by atoms with Gasteiger partial charge >= 0.3 is 0 Å². The highest BCUT2D eigenvalue weighted by Crippen LogP contribution is 2.25. The first-order valence-electron chi connectivity index (χ1n) is 8.60. The van der Waals surface area contributed by atoms with Gasteiger partial charge in [0.2, 0.25) is 5.91 Å². The highest BCUT2D eigenvalue weighted by Gasteiger charge is 2.13. The molecule has 0 saturated heterocycles. The third kappa shape index (κ3) is 4.68. The molecule has 0 radical (unpaired) electrons. The van der Waals surface area contributed by atoms with Gasteiger partial charge in [-0.25, -0.2) is 0 Å². The predicted molar refractivity (Wildman–Crippen MR) is 111 cm³/mol. The normalized spacial score (nSPS) is 10.7. The van der Waals surface area contributed by atoms with E-state index in [2.05, 4.69) is 21.6 Å². The molecule has 0 fully saturated rings. The van der Waals surface area contributed by atoms with E-state index in [-0.39, 0.29) is 11.7 Å². The third-order valence-corrected chi connectivity index (χ3v) is 5.14. The Morgan fingerprint density at radius 1 is 1.15 bits per heavy atom. The smallest absolute Gasteiger partial charge is 0.234 e. The summed E-state index contributed by atoms with van der Waals surface area (Å²) in [4.78, 5) is 14.2. The Bertz CT molecular complexity index is 934. The molecule has 6 nitrogen and oxygen atoms in total. The summed E-state index contributed by atoms with van der Waals surface area (Å²) >= 11 is 1.37. The van der Waals surface area contributed by atoms with Gasteiger partial charge in [0.05, 0.1) is 5.75 Å². The zero-order chi connectivity index (χ0) is 19.4. The Kier molecular flexibility index (Phi) is 5.81. The molecule has 0 aliphatic heterocycles. The van der Waals surface area contributed by atoms with Crippen molar-refractivity contribution in [2.45, 2.75) is 12.1 Å². The molecule has 1 N–H and O–H groups in total. The average molecular weight is 382 g/mol. The molecule has 0 aliphatic rings. The van der Waals surface area contributed by atoms with Crippen LogP contribution in [-0.4, -0.2) is 40.5 Å². The number of nitrogens with one attached hydrogen (secondary N) is 1. The molecule has 0 bridgehead atoms. The molecule has 0 spiro atoms. The van der Waals surface area contributed by atoms with Crippen molar-refractivity contribution in [1.82, 2.24) is 14.8 Å². The van der Waals surface area contributed by atoms with Crippen LogP contribution in [0.3, 0.4) is 0 Å². The Morgan fingerprint density at radius 2 is 1.89 bits per heavy atom. The maximum absolute atomic E-state index is 12.2. The summed E-state index contributed by atoms with van der Waals surface area (Å²) in [5.41, 5.74) is 4.05. The van der Waals surface area contributed by atoms with Crippen LogP contribution in [-0.2, 0) is 11.8 Å². The number of hydrogen-bond donors (Lipinski definition) is 1. The van der Waals surface area contributed by atoms with Gasteiger partial charge in [0.15, 0.2) is 11.0 Å². The van der Waals surface area contributed by atoms with Crippen molar-refractivity contribution < 1.29 is 4.79 Å². The fourth-order valence-electron chi connectivity index (χ4n) is 2.58. The molecule has 140 valence electrons. The largest absolute Gasteiger partial charge is 0.378 e. The van der Waals surface area contributed by atoms with Gasteiger partial charge in [-0.1, -0.05) is 41.6 Å². The molecule has 0 saturated carbocycles. The van der Waals surface area contributed by atoms with Crippen LogP contribution in [0.15, 0.2) is 53.7 Å². The van der Waals surface area contributed by atoms with E-state index in [1.807, 2.05) is 80.0 Å². The molecule has 7 heteroatoms. The fourth-order valence-corrected chi connectivity index (χ4v) is 3.29. The van der Waals surface area contributed by atoms with Crippen LogP contribution in [0.5, 0.6) is 0 Å². The molecule has 3 rings (SSSR count). The third-order valence-electron chi connectivity index (χ3n) is 4.12. The molecule has 0 aliphatic carbocycles. The second-order valence-electron chi connectivity index (χ2n) is 6.51. The topological polar surface area (TPSA) is 63.1 Å². The van der Waals surface area contributed by atoms with E-state index < -0.39 is 0 Å². The number of rotatable bonds is 6. The maximum Gasteiger partial charge on any atom is 0.234 e. The monoisotopic (exact) mass is 381 g/mol. The minimum Gasteiger partial charge on any atom is -0.378 e. The molecule has 1 aromatic heterocycles. The van der Waals surface area contributed by atoms with E-state index in [0.29, 0.717) is 5.16 Å². The summed E-state index contributed by atoms with van der Waals surface area (Å²) in [5, 5.41) is 12.1. The molecule has 0 atom stereocenters. The molecule has 3 aromatic rings. The number of nitrogens with zero attached hydrogens (tertiary/aromatic N) is 4. The van der Waals surface area contributed by atoms with Crippen molar-refractivity contribution in [2.24, 2.45) is 7.05 Å². The van der Waals surface area contributed by atoms with Gasteiger partial charge in [-0.2, -0.15) is 0 Å². The number of amides is 1. The second-order valence-corrected chi connectivity index (χ2v) is 7.46. The van der Waals surface area contributed by atoms with Crippen LogP contribution < -0.4 is 10.2 Å². The summed E-state index contributed by atoms with van der Waals surface area (Å²) in [6.07, 6.45) is 0. The van der Waals surface area contributed by atoms with Gasteiger partial charge in [0.1, 0.15) is 0 Å². The van der Waals surface area contributed by atoms with Crippen molar-refractivity contribution in [2.75, 3.05) is 30.1 Å². The Hall–Kier alpha value is -2.80. The molecule has 1 heterocycles. The number of aryl methyl sites for hydroxylation is 1. The van der Waals surface area contributed by atoms with Crippen LogP contribution >= 0.6 is 11.8 Å². The summed E-state index contributed by atoms with van der Waals surface area (Å²) in [7, 11) is 5.92. The first-order chi connectivity index (χ1) is 12.9. The average Bonchev–Trinajstić information content (AvgIpc) is 3.02. The number of thioether (sulfide) groups is 1.